The molecule has 0 aromatic carbocycles. The van der Waals surface area contributed by atoms with Crippen LogP contribution in [0.2, 0.25) is 0 Å². The summed E-state index contributed by atoms with van der Waals surface area (Å²) in [5.41, 5.74) is 0. The van der Waals surface area contributed by atoms with Crippen molar-refractivity contribution in [1.29, 1.82) is 0 Å². The molecular formula is C9H20N2O. The first-order valence-corrected chi connectivity index (χ1v) is 4.82. The summed E-state index contributed by atoms with van der Waals surface area (Å²) in [6.07, 6.45) is 1.18. The molecule has 1 aliphatic heterocycles. The molecule has 1 aliphatic rings. The van der Waals surface area contributed by atoms with Crippen molar-refractivity contribution in [2.75, 3.05) is 39.9 Å². The average Bonchev–Trinajstić information content (AvgIpc) is 2.57. The van der Waals surface area contributed by atoms with E-state index in [9.17, 15) is 0 Å². The molecule has 3 nitrogen and oxygen atoms in total. The molecule has 1 rings (SSSR count). The summed E-state index contributed by atoms with van der Waals surface area (Å²) >= 11 is 0. The molecule has 0 bridgehead atoms. The van der Waals surface area contributed by atoms with E-state index in [0.29, 0.717) is 6.04 Å². The van der Waals surface area contributed by atoms with Crippen molar-refractivity contribution in [2.45, 2.75) is 19.4 Å². The normalized spacial score (nSPS) is 23.8. The second-order valence-electron chi connectivity index (χ2n) is 3.41. The Labute approximate surface area is 75.1 Å². The molecule has 3 heteroatoms. The third kappa shape index (κ3) is 3.52. The van der Waals surface area contributed by atoms with Gasteiger partial charge in [-0.15, -0.1) is 0 Å². The number of hydrogen-bond donors (Lipinski definition) is 1. The first kappa shape index (κ1) is 9.96. The predicted octanol–water partition coefficient (Wildman–Crippen LogP) is 0.317. The van der Waals surface area contributed by atoms with Crippen molar-refractivity contribution in [2.24, 2.45) is 0 Å². The second-order valence-corrected chi connectivity index (χ2v) is 3.41. The molecule has 1 atom stereocenters. The monoisotopic (exact) mass is 172 g/mol. The van der Waals surface area contributed by atoms with E-state index in [4.69, 9.17) is 4.74 Å². The van der Waals surface area contributed by atoms with Crippen LogP contribution in [-0.4, -0.2) is 50.8 Å². The van der Waals surface area contributed by atoms with Crippen molar-refractivity contribution in [3.63, 3.8) is 0 Å². The van der Waals surface area contributed by atoms with Gasteiger partial charge in [-0.2, -0.15) is 0 Å². The molecule has 0 aromatic heterocycles. The van der Waals surface area contributed by atoms with Crippen LogP contribution in [0, 0.1) is 0 Å². The first-order chi connectivity index (χ1) is 5.83. The fourth-order valence-corrected chi connectivity index (χ4v) is 1.31. The average molecular weight is 172 g/mol. The highest BCUT2D eigenvalue weighted by Crippen LogP contribution is 2.02. The van der Waals surface area contributed by atoms with Crippen molar-refractivity contribution in [1.82, 2.24) is 10.2 Å². The van der Waals surface area contributed by atoms with E-state index in [2.05, 4.69) is 24.2 Å². The second kappa shape index (κ2) is 5.51. The number of nitrogens with one attached hydrogen (secondary N) is 1. The lowest BCUT2D eigenvalue weighted by Gasteiger charge is -2.16. The zero-order valence-electron chi connectivity index (χ0n) is 8.18. The van der Waals surface area contributed by atoms with Gasteiger partial charge in [0.25, 0.3) is 0 Å². The van der Waals surface area contributed by atoms with E-state index in [1.807, 2.05) is 0 Å². The zero-order valence-corrected chi connectivity index (χ0v) is 8.18. The van der Waals surface area contributed by atoms with Crippen molar-refractivity contribution in [3.8, 4) is 0 Å². The maximum absolute atomic E-state index is 5.26. The van der Waals surface area contributed by atoms with Gasteiger partial charge in [0.1, 0.15) is 0 Å². The van der Waals surface area contributed by atoms with Gasteiger partial charge in [0.15, 0.2) is 0 Å². The molecule has 0 spiro atoms. The molecule has 0 aromatic rings. The number of hydrogen-bond acceptors (Lipinski definition) is 3. The van der Waals surface area contributed by atoms with Gasteiger partial charge in [0.05, 0.1) is 6.61 Å². The van der Waals surface area contributed by atoms with Crippen LogP contribution in [0.15, 0.2) is 0 Å². The van der Waals surface area contributed by atoms with Crippen LogP contribution >= 0.6 is 0 Å². The molecule has 1 unspecified atom stereocenters. The molecule has 1 N–H and O–H groups in total. The van der Waals surface area contributed by atoms with Gasteiger partial charge in [0.2, 0.25) is 0 Å². The van der Waals surface area contributed by atoms with Crippen LogP contribution < -0.4 is 5.32 Å². The third-order valence-electron chi connectivity index (χ3n) is 2.40. The Morgan fingerprint density at radius 2 is 2.42 bits per heavy atom. The Hall–Kier alpha value is -0.120. The summed E-state index contributed by atoms with van der Waals surface area (Å²) in [5, 5.41) is 3.48. The standard InChI is InChI=1S/C9H20N2O/c1-3-11(2)6-5-10-9-4-7-12-8-9/h9-10H,3-8H2,1-2H3. The van der Waals surface area contributed by atoms with Crippen molar-refractivity contribution in [3.05, 3.63) is 0 Å². The van der Waals surface area contributed by atoms with E-state index in [1.54, 1.807) is 0 Å². The highest BCUT2D eigenvalue weighted by atomic mass is 16.5. The van der Waals surface area contributed by atoms with Crippen LogP contribution in [0.25, 0.3) is 0 Å². The minimum absolute atomic E-state index is 0.607. The van der Waals surface area contributed by atoms with Gasteiger partial charge in [-0.1, -0.05) is 6.92 Å². The van der Waals surface area contributed by atoms with Crippen LogP contribution in [0.4, 0.5) is 0 Å². The van der Waals surface area contributed by atoms with E-state index < -0.39 is 0 Å². The smallest absolute Gasteiger partial charge is 0.0620 e. The number of rotatable bonds is 5. The van der Waals surface area contributed by atoms with Crippen molar-refractivity contribution >= 4 is 0 Å². The number of ether oxygens (including phenoxy) is 1. The number of nitrogens with zero attached hydrogens (tertiary/aromatic N) is 1. The molecule has 0 amide bonds. The molecule has 1 heterocycles. The minimum Gasteiger partial charge on any atom is -0.380 e. The molecule has 0 saturated carbocycles. The van der Waals surface area contributed by atoms with Crippen molar-refractivity contribution < 1.29 is 4.74 Å². The summed E-state index contributed by atoms with van der Waals surface area (Å²) in [6.45, 7) is 7.35. The largest absolute Gasteiger partial charge is 0.380 e. The highest BCUT2D eigenvalue weighted by Gasteiger charge is 2.13. The lowest BCUT2D eigenvalue weighted by molar-refractivity contribution is 0.189. The topological polar surface area (TPSA) is 24.5 Å². The van der Waals surface area contributed by atoms with Gasteiger partial charge in [0, 0.05) is 25.7 Å². The SMILES string of the molecule is CCN(C)CCNC1CCOC1. The van der Waals surface area contributed by atoms with E-state index in [0.717, 1.165) is 32.8 Å². The molecular weight excluding hydrogens is 152 g/mol. The summed E-state index contributed by atoms with van der Waals surface area (Å²) in [7, 11) is 2.15. The molecule has 0 radical (unpaired) electrons. The van der Waals surface area contributed by atoms with E-state index >= 15 is 0 Å². The molecule has 1 fully saturated rings. The molecule has 12 heavy (non-hydrogen) atoms. The summed E-state index contributed by atoms with van der Waals surface area (Å²) in [5.74, 6) is 0. The predicted molar refractivity (Wildman–Crippen MR) is 50.4 cm³/mol. The Kier molecular flexibility index (Phi) is 4.58. The Bertz CT molecular complexity index is 113. The van der Waals surface area contributed by atoms with Gasteiger partial charge in [-0.25, -0.2) is 0 Å². The summed E-state index contributed by atoms with van der Waals surface area (Å²) < 4.78 is 5.26. The van der Waals surface area contributed by atoms with Gasteiger partial charge in [-0.05, 0) is 20.0 Å². The van der Waals surface area contributed by atoms with E-state index in [1.165, 1.54) is 6.42 Å². The first-order valence-electron chi connectivity index (χ1n) is 4.82. The van der Waals surface area contributed by atoms with Crippen LogP contribution in [0.3, 0.4) is 0 Å². The quantitative estimate of drug-likeness (QED) is 0.646. The van der Waals surface area contributed by atoms with Gasteiger partial charge in [-0.3, -0.25) is 0 Å². The summed E-state index contributed by atoms with van der Waals surface area (Å²) in [4.78, 5) is 2.31. The molecule has 72 valence electrons. The van der Waals surface area contributed by atoms with Gasteiger partial charge < -0.3 is 15.0 Å². The lowest BCUT2D eigenvalue weighted by Crippen LogP contribution is -2.35. The van der Waals surface area contributed by atoms with Crippen LogP contribution in [0.5, 0.6) is 0 Å². The Morgan fingerprint density at radius 3 is 3.00 bits per heavy atom. The minimum atomic E-state index is 0.607. The van der Waals surface area contributed by atoms with E-state index in [-0.39, 0.29) is 0 Å². The van der Waals surface area contributed by atoms with Crippen LogP contribution in [0.1, 0.15) is 13.3 Å². The highest BCUT2D eigenvalue weighted by molar-refractivity contribution is 4.71. The fraction of sp³-hybridized carbons (Fsp3) is 1.00. The Morgan fingerprint density at radius 1 is 1.58 bits per heavy atom. The lowest BCUT2D eigenvalue weighted by atomic mass is 10.2. The van der Waals surface area contributed by atoms with Crippen LogP contribution in [-0.2, 0) is 4.74 Å². The fourth-order valence-electron chi connectivity index (χ4n) is 1.31. The zero-order chi connectivity index (χ0) is 8.81. The van der Waals surface area contributed by atoms with Gasteiger partial charge >= 0.3 is 0 Å². The Balaban J connectivity index is 1.94. The third-order valence-corrected chi connectivity index (χ3v) is 2.40. The maximum Gasteiger partial charge on any atom is 0.0620 e. The summed E-state index contributed by atoms with van der Waals surface area (Å²) in [6, 6.07) is 0.607. The number of likely N-dealkylation sites (N-methyl/N-ethyl adjacent to an activating group) is 1. The molecule has 0 aliphatic carbocycles. The molecule has 1 saturated heterocycles. The maximum atomic E-state index is 5.26.